The first-order chi connectivity index (χ1) is 9.29. The second kappa shape index (κ2) is 4.81. The Morgan fingerprint density at radius 1 is 1.32 bits per heavy atom. The number of hydrogen-bond acceptors (Lipinski definition) is 6. The van der Waals surface area contributed by atoms with Crippen LogP contribution in [0.1, 0.15) is 5.56 Å². The fourth-order valence-corrected chi connectivity index (χ4v) is 2.12. The summed E-state index contributed by atoms with van der Waals surface area (Å²) in [5.41, 5.74) is 7.95. The van der Waals surface area contributed by atoms with Crippen molar-refractivity contribution in [3.63, 3.8) is 0 Å². The average Bonchev–Trinajstić information content (AvgIpc) is 2.85. The minimum absolute atomic E-state index is 0.257. The van der Waals surface area contributed by atoms with Gasteiger partial charge in [0.15, 0.2) is 11.5 Å². The Morgan fingerprint density at radius 2 is 2.16 bits per heavy atom. The first kappa shape index (κ1) is 11.9. The average molecular weight is 262 g/mol. The molecule has 0 fully saturated rings. The lowest BCUT2D eigenvalue weighted by molar-refractivity contribution is 0.168. The summed E-state index contributed by atoms with van der Waals surface area (Å²) in [7, 11) is 1.64. The maximum Gasteiger partial charge on any atom is 0.222 e. The summed E-state index contributed by atoms with van der Waals surface area (Å²) in [5, 5.41) is 3.95. The van der Waals surface area contributed by atoms with Crippen molar-refractivity contribution in [1.29, 1.82) is 0 Å². The molecule has 0 atom stereocenters. The molecule has 2 heterocycles. The topological polar surface area (TPSA) is 79.7 Å². The highest BCUT2D eigenvalue weighted by Crippen LogP contribution is 2.42. The van der Waals surface area contributed by atoms with Gasteiger partial charge in [-0.3, -0.25) is 0 Å². The van der Waals surface area contributed by atoms with Gasteiger partial charge in [0, 0.05) is 13.2 Å². The Bertz CT molecular complexity index is 594. The zero-order valence-corrected chi connectivity index (χ0v) is 10.5. The van der Waals surface area contributed by atoms with Crippen LogP contribution in [0.5, 0.6) is 11.5 Å². The highest BCUT2D eigenvalue weighted by atomic mass is 16.6. The van der Waals surface area contributed by atoms with Crippen LogP contribution in [-0.2, 0) is 11.3 Å². The molecule has 3 rings (SSSR count). The van der Waals surface area contributed by atoms with E-state index < -0.39 is 0 Å². The SMILES string of the molecule is COCc1ccc2c(c1-c1cc(N)on1)OCCO2. The number of nitrogens with zero attached hydrogens (tertiary/aromatic N) is 1. The highest BCUT2D eigenvalue weighted by molar-refractivity contribution is 5.75. The number of methoxy groups -OCH3 is 1. The molecule has 0 spiro atoms. The third-order valence-electron chi connectivity index (χ3n) is 2.88. The van der Waals surface area contributed by atoms with E-state index in [4.69, 9.17) is 24.5 Å². The molecule has 2 N–H and O–H groups in total. The summed E-state index contributed by atoms with van der Waals surface area (Å²) in [5.74, 6) is 1.62. The van der Waals surface area contributed by atoms with Crippen LogP contribution in [0.2, 0.25) is 0 Å². The molecule has 6 heteroatoms. The minimum Gasteiger partial charge on any atom is -0.486 e. The summed E-state index contributed by atoms with van der Waals surface area (Å²) >= 11 is 0. The number of nitrogens with two attached hydrogens (primary N) is 1. The molecule has 2 aromatic rings. The van der Waals surface area contributed by atoms with Crippen molar-refractivity contribution < 1.29 is 18.7 Å². The largest absolute Gasteiger partial charge is 0.486 e. The van der Waals surface area contributed by atoms with Crippen LogP contribution < -0.4 is 15.2 Å². The molecule has 1 aromatic carbocycles. The number of ether oxygens (including phenoxy) is 3. The van der Waals surface area contributed by atoms with E-state index in [1.54, 1.807) is 13.2 Å². The number of rotatable bonds is 3. The maximum absolute atomic E-state index is 5.70. The van der Waals surface area contributed by atoms with Crippen molar-refractivity contribution in [2.45, 2.75) is 6.61 Å². The molecule has 1 aliphatic rings. The van der Waals surface area contributed by atoms with Gasteiger partial charge >= 0.3 is 0 Å². The molecular formula is C13H14N2O4. The summed E-state index contributed by atoms with van der Waals surface area (Å²) < 4.78 is 21.4. The van der Waals surface area contributed by atoms with Gasteiger partial charge in [-0.25, -0.2) is 0 Å². The Kier molecular flexibility index (Phi) is 3.00. The molecule has 0 unspecified atom stereocenters. The van der Waals surface area contributed by atoms with Gasteiger partial charge in [-0.2, -0.15) is 0 Å². The van der Waals surface area contributed by atoms with E-state index in [2.05, 4.69) is 5.16 Å². The van der Waals surface area contributed by atoms with Crippen LogP contribution in [0.15, 0.2) is 22.7 Å². The van der Waals surface area contributed by atoms with Crippen LogP contribution in [0.25, 0.3) is 11.3 Å². The van der Waals surface area contributed by atoms with Crippen LogP contribution in [0, 0.1) is 0 Å². The van der Waals surface area contributed by atoms with Gasteiger partial charge in [0.05, 0.1) is 12.2 Å². The normalized spacial score (nSPS) is 13.5. The fraction of sp³-hybridized carbons (Fsp3) is 0.308. The van der Waals surface area contributed by atoms with Crippen molar-refractivity contribution >= 4 is 5.88 Å². The van der Waals surface area contributed by atoms with E-state index in [9.17, 15) is 0 Å². The molecule has 1 aliphatic heterocycles. The van der Waals surface area contributed by atoms with E-state index in [0.717, 1.165) is 11.1 Å². The third-order valence-corrected chi connectivity index (χ3v) is 2.88. The molecule has 19 heavy (non-hydrogen) atoms. The number of aromatic nitrogens is 1. The zero-order valence-electron chi connectivity index (χ0n) is 10.5. The minimum atomic E-state index is 0.257. The van der Waals surface area contributed by atoms with Crippen molar-refractivity contribution in [2.24, 2.45) is 0 Å². The number of fused-ring (bicyclic) bond motifs is 1. The van der Waals surface area contributed by atoms with E-state index in [-0.39, 0.29) is 5.88 Å². The highest BCUT2D eigenvalue weighted by Gasteiger charge is 2.22. The summed E-state index contributed by atoms with van der Waals surface area (Å²) in [4.78, 5) is 0. The molecule has 0 bridgehead atoms. The Morgan fingerprint density at radius 3 is 2.89 bits per heavy atom. The second-order valence-electron chi connectivity index (χ2n) is 4.17. The molecule has 0 amide bonds. The Hall–Kier alpha value is -2.21. The third kappa shape index (κ3) is 2.10. The summed E-state index contributed by atoms with van der Waals surface area (Å²) in [6, 6.07) is 5.46. The number of anilines is 1. The van der Waals surface area contributed by atoms with Crippen molar-refractivity contribution in [3.05, 3.63) is 23.8 Å². The van der Waals surface area contributed by atoms with Gasteiger partial charge in [-0.1, -0.05) is 11.2 Å². The van der Waals surface area contributed by atoms with Crippen LogP contribution >= 0.6 is 0 Å². The predicted molar refractivity (Wildman–Crippen MR) is 68.1 cm³/mol. The van der Waals surface area contributed by atoms with E-state index in [0.29, 0.717) is 37.0 Å². The van der Waals surface area contributed by atoms with E-state index >= 15 is 0 Å². The lowest BCUT2D eigenvalue weighted by atomic mass is 10.0. The molecule has 100 valence electrons. The standard InChI is InChI=1S/C13H14N2O4/c1-16-7-8-2-3-10-13(18-5-4-17-10)12(8)9-6-11(14)19-15-9/h2-3,6H,4-5,7,14H2,1H3. The first-order valence-corrected chi connectivity index (χ1v) is 5.92. The molecule has 0 saturated carbocycles. The predicted octanol–water partition coefficient (Wildman–Crippen LogP) is 1.84. The summed E-state index contributed by atoms with van der Waals surface area (Å²) in [6.45, 7) is 1.49. The molecule has 0 radical (unpaired) electrons. The molecule has 1 aromatic heterocycles. The second-order valence-corrected chi connectivity index (χ2v) is 4.17. The van der Waals surface area contributed by atoms with Gasteiger partial charge in [-0.15, -0.1) is 0 Å². The zero-order chi connectivity index (χ0) is 13.2. The number of benzene rings is 1. The summed E-state index contributed by atoms with van der Waals surface area (Å²) in [6.07, 6.45) is 0. The van der Waals surface area contributed by atoms with Crippen LogP contribution in [-0.4, -0.2) is 25.5 Å². The number of hydrogen-bond donors (Lipinski definition) is 1. The monoisotopic (exact) mass is 262 g/mol. The van der Waals surface area contributed by atoms with Gasteiger partial charge in [0.25, 0.3) is 0 Å². The van der Waals surface area contributed by atoms with Gasteiger partial charge in [0.1, 0.15) is 18.9 Å². The first-order valence-electron chi connectivity index (χ1n) is 5.92. The molecular weight excluding hydrogens is 248 g/mol. The quantitative estimate of drug-likeness (QED) is 0.909. The van der Waals surface area contributed by atoms with Gasteiger partial charge < -0.3 is 24.5 Å². The Balaban J connectivity index is 2.17. The van der Waals surface area contributed by atoms with Crippen molar-refractivity contribution in [3.8, 4) is 22.8 Å². The van der Waals surface area contributed by atoms with Gasteiger partial charge in [-0.05, 0) is 11.6 Å². The number of nitrogen functional groups attached to an aromatic ring is 1. The van der Waals surface area contributed by atoms with E-state index in [1.807, 2.05) is 12.1 Å². The van der Waals surface area contributed by atoms with Crippen LogP contribution in [0.4, 0.5) is 5.88 Å². The Labute approximate surface area is 110 Å². The molecule has 0 saturated heterocycles. The van der Waals surface area contributed by atoms with Crippen LogP contribution in [0.3, 0.4) is 0 Å². The smallest absolute Gasteiger partial charge is 0.222 e. The fourth-order valence-electron chi connectivity index (χ4n) is 2.12. The van der Waals surface area contributed by atoms with Crippen molar-refractivity contribution in [2.75, 3.05) is 26.1 Å². The van der Waals surface area contributed by atoms with Gasteiger partial charge in [0.2, 0.25) is 5.88 Å². The molecule has 6 nitrogen and oxygen atoms in total. The maximum atomic E-state index is 5.70. The molecule has 0 aliphatic carbocycles. The lowest BCUT2D eigenvalue weighted by Gasteiger charge is -2.22. The van der Waals surface area contributed by atoms with Crippen molar-refractivity contribution in [1.82, 2.24) is 5.16 Å². The lowest BCUT2D eigenvalue weighted by Crippen LogP contribution is -2.16. The van der Waals surface area contributed by atoms with E-state index in [1.165, 1.54) is 0 Å².